The summed E-state index contributed by atoms with van der Waals surface area (Å²) in [6, 6.07) is 6.17. The van der Waals surface area contributed by atoms with Gasteiger partial charge in [-0.3, -0.25) is 5.10 Å². The molecule has 2 aromatic heterocycles. The first kappa shape index (κ1) is 16.8. The molecule has 4 rings (SSSR count). The van der Waals surface area contributed by atoms with Crippen LogP contribution in [0.1, 0.15) is 24.6 Å². The topological polar surface area (TPSA) is 75.7 Å². The van der Waals surface area contributed by atoms with Crippen LogP contribution in [0.4, 0.5) is 14.6 Å². The summed E-state index contributed by atoms with van der Waals surface area (Å²) in [6.07, 6.45) is 3.58. The Kier molecular flexibility index (Phi) is 4.75. The summed E-state index contributed by atoms with van der Waals surface area (Å²) in [5.74, 6) is 0.588. The number of benzene rings is 1. The fourth-order valence-electron chi connectivity index (χ4n) is 3.22. The minimum Gasteiger partial charge on any atom is -0.378 e. The number of hydrogen-bond acceptors (Lipinski definition) is 5. The number of aromatic nitrogens is 4. The number of rotatable bonds is 7. The molecule has 0 amide bonds. The standard InChI is InChI=1S/C18H19F2N5O/c19-15-4-2-1-3-13(15)16(20)9-26-8-11-5-12(6-11)24-17-14-7-23-25-18(14)22-10-21-17/h1-4,7,10-12,16H,5-6,8-9H2,(H2,21,22,23,24,25)/t11-,12+,16-/m0/s1. The average Bonchev–Trinajstić information content (AvgIpc) is 3.09. The number of anilines is 1. The second-order valence-electron chi connectivity index (χ2n) is 6.56. The predicted octanol–water partition coefficient (Wildman–Crippen LogP) is 3.41. The van der Waals surface area contributed by atoms with E-state index in [1.165, 1.54) is 18.5 Å². The zero-order chi connectivity index (χ0) is 17.9. The maximum atomic E-state index is 14.0. The first-order valence-corrected chi connectivity index (χ1v) is 8.57. The minimum atomic E-state index is -1.44. The molecule has 0 spiro atoms. The molecule has 1 fully saturated rings. The molecule has 0 saturated heterocycles. The number of hydrogen-bond donors (Lipinski definition) is 2. The molecule has 8 heteroatoms. The molecule has 3 aromatic rings. The number of fused-ring (bicyclic) bond motifs is 1. The zero-order valence-corrected chi connectivity index (χ0v) is 14.0. The Morgan fingerprint density at radius 3 is 2.96 bits per heavy atom. The van der Waals surface area contributed by atoms with E-state index in [1.54, 1.807) is 18.3 Å². The number of alkyl halides is 1. The van der Waals surface area contributed by atoms with Crippen LogP contribution in [0.3, 0.4) is 0 Å². The summed E-state index contributed by atoms with van der Waals surface area (Å²) in [5, 5.41) is 11.0. The third-order valence-electron chi connectivity index (χ3n) is 4.68. The Balaban J connectivity index is 1.21. The van der Waals surface area contributed by atoms with Crippen LogP contribution < -0.4 is 5.32 Å². The van der Waals surface area contributed by atoms with Crippen molar-refractivity contribution in [2.75, 3.05) is 18.5 Å². The van der Waals surface area contributed by atoms with Gasteiger partial charge < -0.3 is 10.1 Å². The predicted molar refractivity (Wildman–Crippen MR) is 92.9 cm³/mol. The maximum Gasteiger partial charge on any atom is 0.160 e. The second-order valence-corrected chi connectivity index (χ2v) is 6.56. The summed E-state index contributed by atoms with van der Waals surface area (Å²) in [6.45, 7) is 0.342. The molecule has 2 heterocycles. The second kappa shape index (κ2) is 7.33. The van der Waals surface area contributed by atoms with Gasteiger partial charge in [0.2, 0.25) is 0 Å². The molecule has 1 aliphatic rings. The van der Waals surface area contributed by atoms with Gasteiger partial charge in [0, 0.05) is 18.2 Å². The van der Waals surface area contributed by atoms with Crippen LogP contribution in [-0.4, -0.2) is 39.4 Å². The van der Waals surface area contributed by atoms with Gasteiger partial charge in [-0.1, -0.05) is 18.2 Å². The van der Waals surface area contributed by atoms with Gasteiger partial charge in [-0.25, -0.2) is 18.7 Å². The van der Waals surface area contributed by atoms with Crippen LogP contribution in [0, 0.1) is 11.7 Å². The van der Waals surface area contributed by atoms with Gasteiger partial charge in [-0.2, -0.15) is 5.10 Å². The monoisotopic (exact) mass is 359 g/mol. The van der Waals surface area contributed by atoms with E-state index in [0.717, 1.165) is 24.0 Å². The van der Waals surface area contributed by atoms with Crippen molar-refractivity contribution in [1.29, 1.82) is 0 Å². The van der Waals surface area contributed by atoms with E-state index in [4.69, 9.17) is 4.74 Å². The first-order chi connectivity index (χ1) is 12.7. The summed E-state index contributed by atoms with van der Waals surface area (Å²) < 4.78 is 33.0. The number of ether oxygens (including phenoxy) is 1. The number of aromatic amines is 1. The van der Waals surface area contributed by atoms with E-state index in [9.17, 15) is 8.78 Å². The van der Waals surface area contributed by atoms with Crippen molar-refractivity contribution in [1.82, 2.24) is 20.2 Å². The lowest BCUT2D eigenvalue weighted by molar-refractivity contribution is 0.0327. The minimum absolute atomic E-state index is 0.0496. The zero-order valence-electron chi connectivity index (χ0n) is 14.0. The van der Waals surface area contributed by atoms with E-state index in [2.05, 4.69) is 25.5 Å². The van der Waals surface area contributed by atoms with Crippen LogP contribution in [0.2, 0.25) is 0 Å². The SMILES string of the molecule is Fc1ccccc1[C@@H](F)COC[C@H]1C[C@@H](Nc2ncnc3[nH]ncc23)C1. The highest BCUT2D eigenvalue weighted by Gasteiger charge is 2.30. The molecule has 1 aliphatic carbocycles. The first-order valence-electron chi connectivity index (χ1n) is 8.57. The molecule has 0 radical (unpaired) electrons. The highest BCUT2D eigenvalue weighted by atomic mass is 19.1. The third kappa shape index (κ3) is 3.50. The highest BCUT2D eigenvalue weighted by Crippen LogP contribution is 2.32. The lowest BCUT2D eigenvalue weighted by atomic mass is 9.81. The van der Waals surface area contributed by atoms with E-state index in [1.807, 2.05) is 0 Å². The molecule has 136 valence electrons. The molecule has 0 aliphatic heterocycles. The van der Waals surface area contributed by atoms with E-state index < -0.39 is 12.0 Å². The number of nitrogens with one attached hydrogen (secondary N) is 2. The van der Waals surface area contributed by atoms with Crippen molar-refractivity contribution in [3.05, 3.63) is 48.2 Å². The number of halogens is 2. The Morgan fingerprint density at radius 2 is 2.12 bits per heavy atom. The maximum absolute atomic E-state index is 14.0. The van der Waals surface area contributed by atoms with Gasteiger partial charge in [-0.15, -0.1) is 0 Å². The lowest BCUT2D eigenvalue weighted by Crippen LogP contribution is -2.38. The van der Waals surface area contributed by atoms with Gasteiger partial charge in [-0.05, 0) is 24.8 Å². The van der Waals surface area contributed by atoms with Crippen molar-refractivity contribution < 1.29 is 13.5 Å². The molecule has 1 aromatic carbocycles. The van der Waals surface area contributed by atoms with Gasteiger partial charge in [0.05, 0.1) is 18.2 Å². The number of nitrogens with zero attached hydrogens (tertiary/aromatic N) is 3. The molecule has 2 N–H and O–H groups in total. The van der Waals surface area contributed by atoms with E-state index >= 15 is 0 Å². The molecule has 0 unspecified atom stereocenters. The van der Waals surface area contributed by atoms with Crippen molar-refractivity contribution in [3.8, 4) is 0 Å². The Labute approximate surface area is 149 Å². The van der Waals surface area contributed by atoms with Crippen molar-refractivity contribution in [2.24, 2.45) is 5.92 Å². The summed E-state index contributed by atoms with van der Waals surface area (Å²) in [5.41, 5.74) is 0.748. The van der Waals surface area contributed by atoms with Gasteiger partial charge >= 0.3 is 0 Å². The van der Waals surface area contributed by atoms with Crippen LogP contribution >= 0.6 is 0 Å². The van der Waals surface area contributed by atoms with Gasteiger partial charge in [0.15, 0.2) is 11.8 Å². The van der Waals surface area contributed by atoms with E-state index in [0.29, 0.717) is 24.2 Å². The molecule has 1 atom stereocenters. The smallest absolute Gasteiger partial charge is 0.160 e. The Morgan fingerprint density at radius 1 is 1.27 bits per heavy atom. The van der Waals surface area contributed by atoms with E-state index in [-0.39, 0.29) is 12.2 Å². The molecule has 26 heavy (non-hydrogen) atoms. The normalized spacial score (nSPS) is 20.7. The highest BCUT2D eigenvalue weighted by molar-refractivity contribution is 5.85. The van der Waals surface area contributed by atoms with Crippen LogP contribution in [0.5, 0.6) is 0 Å². The largest absolute Gasteiger partial charge is 0.378 e. The molecule has 6 nitrogen and oxygen atoms in total. The molecule has 0 bridgehead atoms. The Bertz CT molecular complexity index is 881. The molecular weight excluding hydrogens is 340 g/mol. The quantitative estimate of drug-likeness (QED) is 0.676. The van der Waals surface area contributed by atoms with Crippen molar-refractivity contribution >= 4 is 16.9 Å². The molecular formula is C18H19F2N5O. The molecule has 1 saturated carbocycles. The van der Waals surface area contributed by atoms with Crippen molar-refractivity contribution in [2.45, 2.75) is 25.1 Å². The number of H-pyrrole nitrogens is 1. The summed E-state index contributed by atoms with van der Waals surface area (Å²) >= 11 is 0. The summed E-state index contributed by atoms with van der Waals surface area (Å²) in [7, 11) is 0. The van der Waals surface area contributed by atoms with Gasteiger partial charge in [0.1, 0.15) is 18.0 Å². The fourth-order valence-corrected chi connectivity index (χ4v) is 3.22. The fraction of sp³-hybridized carbons (Fsp3) is 0.389. The lowest BCUT2D eigenvalue weighted by Gasteiger charge is -2.36. The average molecular weight is 359 g/mol. The Hall–Kier alpha value is -2.61. The van der Waals surface area contributed by atoms with Crippen LogP contribution in [-0.2, 0) is 4.74 Å². The van der Waals surface area contributed by atoms with Gasteiger partial charge in [0.25, 0.3) is 0 Å². The van der Waals surface area contributed by atoms with Crippen molar-refractivity contribution in [3.63, 3.8) is 0 Å². The summed E-state index contributed by atoms with van der Waals surface area (Å²) in [4.78, 5) is 8.36. The third-order valence-corrected chi connectivity index (χ3v) is 4.68. The van der Waals surface area contributed by atoms with Crippen LogP contribution in [0.25, 0.3) is 11.0 Å². The van der Waals surface area contributed by atoms with Crippen LogP contribution in [0.15, 0.2) is 36.8 Å².